The smallest absolute Gasteiger partial charge is 0.338 e. The number of carbonyl (C=O) groups is 1. The SMILES string of the molecule is COc1ccc(N2C(=S)N[C@H](c3cccs3)C(C(=O)OC(C)C)=C2C)cc1OC. The fraction of sp³-hybridized carbons (Fsp3) is 0.333. The summed E-state index contributed by atoms with van der Waals surface area (Å²) in [4.78, 5) is 15.8. The van der Waals surface area contributed by atoms with Gasteiger partial charge in [0, 0.05) is 16.6 Å². The maximum absolute atomic E-state index is 13.0. The van der Waals surface area contributed by atoms with Crippen molar-refractivity contribution in [2.24, 2.45) is 0 Å². The van der Waals surface area contributed by atoms with E-state index in [0.29, 0.717) is 27.9 Å². The number of nitrogens with zero attached hydrogens (tertiary/aromatic N) is 1. The number of allylic oxidation sites excluding steroid dienone is 1. The van der Waals surface area contributed by atoms with E-state index in [1.165, 1.54) is 0 Å². The molecule has 29 heavy (non-hydrogen) atoms. The van der Waals surface area contributed by atoms with Crippen molar-refractivity contribution < 1.29 is 19.0 Å². The van der Waals surface area contributed by atoms with Crippen LogP contribution in [-0.2, 0) is 9.53 Å². The highest BCUT2D eigenvalue weighted by Crippen LogP contribution is 2.38. The van der Waals surface area contributed by atoms with Gasteiger partial charge in [0.25, 0.3) is 0 Å². The van der Waals surface area contributed by atoms with Crippen molar-refractivity contribution in [2.45, 2.75) is 32.9 Å². The lowest BCUT2D eigenvalue weighted by Crippen LogP contribution is -2.48. The lowest BCUT2D eigenvalue weighted by Gasteiger charge is -2.37. The number of methoxy groups -OCH3 is 2. The maximum Gasteiger partial charge on any atom is 0.338 e. The maximum atomic E-state index is 13.0. The summed E-state index contributed by atoms with van der Waals surface area (Å²) in [6, 6.07) is 9.08. The van der Waals surface area contributed by atoms with Gasteiger partial charge in [-0.3, -0.25) is 4.90 Å². The number of hydrogen-bond acceptors (Lipinski definition) is 6. The first-order valence-corrected chi connectivity index (χ1v) is 10.4. The van der Waals surface area contributed by atoms with Crippen molar-refractivity contribution in [3.63, 3.8) is 0 Å². The summed E-state index contributed by atoms with van der Waals surface area (Å²) in [5.74, 6) is 0.827. The molecule has 154 valence electrons. The zero-order valence-electron chi connectivity index (χ0n) is 17.0. The van der Waals surface area contributed by atoms with Crippen molar-refractivity contribution in [3.8, 4) is 11.5 Å². The quantitative estimate of drug-likeness (QED) is 0.535. The van der Waals surface area contributed by atoms with Crippen LogP contribution >= 0.6 is 23.6 Å². The van der Waals surface area contributed by atoms with Gasteiger partial charge in [0.1, 0.15) is 0 Å². The van der Waals surface area contributed by atoms with Crippen molar-refractivity contribution in [1.29, 1.82) is 0 Å². The Morgan fingerprint density at radius 1 is 1.21 bits per heavy atom. The Morgan fingerprint density at radius 2 is 1.93 bits per heavy atom. The number of esters is 1. The Balaban J connectivity index is 2.12. The van der Waals surface area contributed by atoms with E-state index < -0.39 is 0 Å². The Morgan fingerprint density at radius 3 is 2.52 bits per heavy atom. The van der Waals surface area contributed by atoms with Crippen molar-refractivity contribution in [1.82, 2.24) is 5.32 Å². The van der Waals surface area contributed by atoms with Crippen LogP contribution < -0.4 is 19.7 Å². The molecule has 2 aromatic rings. The molecule has 1 aromatic heterocycles. The molecule has 0 aliphatic carbocycles. The molecule has 1 aliphatic rings. The van der Waals surface area contributed by atoms with E-state index in [9.17, 15) is 4.79 Å². The molecule has 0 amide bonds. The average molecular weight is 433 g/mol. The highest BCUT2D eigenvalue weighted by Gasteiger charge is 2.36. The fourth-order valence-corrected chi connectivity index (χ4v) is 4.37. The van der Waals surface area contributed by atoms with Gasteiger partial charge >= 0.3 is 5.97 Å². The van der Waals surface area contributed by atoms with Crippen LogP contribution in [0.2, 0.25) is 0 Å². The summed E-state index contributed by atoms with van der Waals surface area (Å²) in [5, 5.41) is 5.77. The van der Waals surface area contributed by atoms with Crippen LogP contribution in [0, 0.1) is 0 Å². The number of carbonyl (C=O) groups excluding carboxylic acids is 1. The first-order valence-electron chi connectivity index (χ1n) is 9.15. The molecule has 1 aromatic carbocycles. The third-order valence-electron chi connectivity index (χ3n) is 4.50. The molecule has 0 spiro atoms. The molecular weight excluding hydrogens is 408 g/mol. The van der Waals surface area contributed by atoms with E-state index in [-0.39, 0.29) is 18.1 Å². The number of hydrogen-bond donors (Lipinski definition) is 1. The molecule has 6 nitrogen and oxygen atoms in total. The van der Waals surface area contributed by atoms with Crippen LogP contribution in [0.15, 0.2) is 47.0 Å². The van der Waals surface area contributed by atoms with Gasteiger partial charge in [0.15, 0.2) is 16.6 Å². The van der Waals surface area contributed by atoms with E-state index in [4.69, 9.17) is 26.4 Å². The molecule has 0 saturated heterocycles. The van der Waals surface area contributed by atoms with E-state index in [1.54, 1.807) is 25.6 Å². The van der Waals surface area contributed by atoms with Crippen molar-refractivity contribution in [2.75, 3.05) is 19.1 Å². The van der Waals surface area contributed by atoms with Gasteiger partial charge in [0.05, 0.1) is 37.6 Å². The van der Waals surface area contributed by atoms with Crippen LogP contribution in [0.1, 0.15) is 31.7 Å². The van der Waals surface area contributed by atoms with E-state index in [2.05, 4.69) is 5.32 Å². The number of thiocarbonyl (C=S) groups is 1. The summed E-state index contributed by atoms with van der Waals surface area (Å²) >= 11 is 7.23. The van der Waals surface area contributed by atoms with E-state index in [1.807, 2.05) is 61.4 Å². The molecule has 0 radical (unpaired) electrons. The van der Waals surface area contributed by atoms with E-state index >= 15 is 0 Å². The zero-order chi connectivity index (χ0) is 21.1. The zero-order valence-corrected chi connectivity index (χ0v) is 18.6. The van der Waals surface area contributed by atoms with Crippen LogP contribution in [0.25, 0.3) is 0 Å². The molecular formula is C21H24N2O4S2. The second kappa shape index (κ2) is 8.84. The highest BCUT2D eigenvalue weighted by molar-refractivity contribution is 7.80. The number of anilines is 1. The fourth-order valence-electron chi connectivity index (χ4n) is 3.23. The summed E-state index contributed by atoms with van der Waals surface area (Å²) in [6.07, 6.45) is -0.227. The van der Waals surface area contributed by atoms with Gasteiger partial charge in [-0.15, -0.1) is 11.3 Å². The first kappa shape index (κ1) is 21.1. The van der Waals surface area contributed by atoms with Gasteiger partial charge in [-0.25, -0.2) is 4.79 Å². The minimum atomic E-state index is -0.364. The molecule has 0 saturated carbocycles. The molecule has 1 N–H and O–H groups in total. The molecule has 0 bridgehead atoms. The van der Waals surface area contributed by atoms with Crippen LogP contribution in [-0.4, -0.2) is 31.4 Å². The van der Waals surface area contributed by atoms with Gasteiger partial charge in [-0.1, -0.05) is 6.07 Å². The summed E-state index contributed by atoms with van der Waals surface area (Å²) in [7, 11) is 3.16. The summed E-state index contributed by atoms with van der Waals surface area (Å²) in [5.41, 5.74) is 2.01. The molecule has 2 heterocycles. The third kappa shape index (κ3) is 4.23. The number of benzene rings is 1. The van der Waals surface area contributed by atoms with Crippen LogP contribution in [0.5, 0.6) is 11.5 Å². The second-order valence-electron chi connectivity index (χ2n) is 6.73. The standard InChI is InChI=1S/C21H24N2O4S2/c1-12(2)27-20(24)18-13(3)23(14-8-9-15(25-4)16(11-14)26-5)21(28)22-19(18)17-7-6-10-29-17/h6-12,19H,1-5H3,(H,22,28)/t19-/m1/s1. The predicted octanol–water partition coefficient (Wildman–Crippen LogP) is 4.43. The molecule has 8 heteroatoms. The Hall–Kier alpha value is -2.58. The normalized spacial score (nSPS) is 16.7. The van der Waals surface area contributed by atoms with Gasteiger partial charge in [-0.2, -0.15) is 0 Å². The Kier molecular flexibility index (Phi) is 6.44. The number of nitrogens with one attached hydrogen (secondary N) is 1. The predicted molar refractivity (Wildman–Crippen MR) is 119 cm³/mol. The minimum absolute atomic E-state index is 0.227. The lowest BCUT2D eigenvalue weighted by atomic mass is 10.00. The molecule has 3 rings (SSSR count). The van der Waals surface area contributed by atoms with Gasteiger partial charge in [0.2, 0.25) is 0 Å². The van der Waals surface area contributed by atoms with Crippen LogP contribution in [0.3, 0.4) is 0 Å². The molecule has 1 atom stereocenters. The Bertz CT molecular complexity index is 938. The largest absolute Gasteiger partial charge is 0.493 e. The second-order valence-corrected chi connectivity index (χ2v) is 8.09. The third-order valence-corrected chi connectivity index (χ3v) is 5.74. The van der Waals surface area contributed by atoms with E-state index in [0.717, 1.165) is 10.6 Å². The molecule has 0 fully saturated rings. The van der Waals surface area contributed by atoms with Gasteiger partial charge in [-0.05, 0) is 56.6 Å². The molecule has 1 aliphatic heterocycles. The monoisotopic (exact) mass is 432 g/mol. The van der Waals surface area contributed by atoms with Crippen molar-refractivity contribution in [3.05, 3.63) is 51.9 Å². The van der Waals surface area contributed by atoms with Crippen molar-refractivity contribution >= 4 is 40.3 Å². The van der Waals surface area contributed by atoms with Gasteiger partial charge < -0.3 is 19.5 Å². The van der Waals surface area contributed by atoms with Crippen LogP contribution in [0.4, 0.5) is 5.69 Å². The Labute approximate surface area is 180 Å². The number of rotatable bonds is 6. The first-order chi connectivity index (χ1) is 13.9. The average Bonchev–Trinajstić information content (AvgIpc) is 3.21. The topological polar surface area (TPSA) is 60.0 Å². The summed E-state index contributed by atoms with van der Waals surface area (Å²) < 4.78 is 16.3. The highest BCUT2D eigenvalue weighted by atomic mass is 32.1. The lowest BCUT2D eigenvalue weighted by molar-refractivity contribution is -0.143. The molecule has 0 unspecified atom stereocenters. The number of ether oxygens (including phenoxy) is 3. The summed E-state index contributed by atoms with van der Waals surface area (Å²) in [6.45, 7) is 5.54. The number of thiophene rings is 1. The minimum Gasteiger partial charge on any atom is -0.493 e.